The fourth-order valence-corrected chi connectivity index (χ4v) is 7.03. The molecule has 0 aliphatic carbocycles. The quantitative estimate of drug-likeness (QED) is 0.0317. The summed E-state index contributed by atoms with van der Waals surface area (Å²) in [5.41, 5.74) is 0. The van der Waals surface area contributed by atoms with Crippen molar-refractivity contribution in [2.45, 2.75) is 225 Å². The SMILES string of the molecule is CCCCCCCCCCCCCCCCCCCCCC(=O)OC(COCCCCCCCCCCCCC)COP(=O)(O)OCC(O)CO. The molecule has 9 nitrogen and oxygen atoms in total. The minimum Gasteiger partial charge on any atom is -0.457 e. The van der Waals surface area contributed by atoms with Crippen LogP contribution in [0.2, 0.25) is 0 Å². The molecule has 0 spiro atoms. The summed E-state index contributed by atoms with van der Waals surface area (Å²) in [7, 11) is -4.50. The largest absolute Gasteiger partial charge is 0.472 e. The van der Waals surface area contributed by atoms with Crippen molar-refractivity contribution in [3.8, 4) is 0 Å². The minimum atomic E-state index is -4.50. The van der Waals surface area contributed by atoms with Gasteiger partial charge < -0.3 is 24.6 Å². The summed E-state index contributed by atoms with van der Waals surface area (Å²) in [5.74, 6) is -0.377. The third-order valence-corrected chi connectivity index (χ3v) is 10.5. The molecule has 3 unspecified atom stereocenters. The molecule has 0 aliphatic heterocycles. The fraction of sp³-hybridized carbons (Fsp3) is 0.976. The van der Waals surface area contributed by atoms with Crippen LogP contribution in [0.5, 0.6) is 0 Å². The summed E-state index contributed by atoms with van der Waals surface area (Å²) in [6, 6.07) is 0. The smallest absolute Gasteiger partial charge is 0.457 e. The number of phosphoric ester groups is 1. The third-order valence-electron chi connectivity index (χ3n) is 9.54. The lowest BCUT2D eigenvalue weighted by Gasteiger charge is -2.20. The van der Waals surface area contributed by atoms with E-state index in [1.165, 1.54) is 161 Å². The maximum Gasteiger partial charge on any atom is 0.472 e. The Morgan fingerprint density at radius 3 is 1.27 bits per heavy atom. The molecule has 10 heteroatoms. The number of aliphatic hydroxyl groups is 2. The number of esters is 1. The maximum atomic E-state index is 12.6. The first-order valence-electron chi connectivity index (χ1n) is 21.5. The molecule has 3 N–H and O–H groups in total. The molecule has 0 bridgehead atoms. The van der Waals surface area contributed by atoms with Crippen LogP contribution in [-0.2, 0) is 27.9 Å². The summed E-state index contributed by atoms with van der Waals surface area (Å²) < 4.78 is 33.3. The van der Waals surface area contributed by atoms with E-state index in [0.717, 1.165) is 32.1 Å². The van der Waals surface area contributed by atoms with Gasteiger partial charge in [-0.25, -0.2) is 4.57 Å². The van der Waals surface area contributed by atoms with Crippen LogP contribution >= 0.6 is 7.82 Å². The molecule has 0 aliphatic rings. The summed E-state index contributed by atoms with van der Waals surface area (Å²) in [4.78, 5) is 22.5. The van der Waals surface area contributed by atoms with Crippen LogP contribution in [0.4, 0.5) is 0 Å². The second-order valence-corrected chi connectivity index (χ2v) is 16.2. The average molecular weight is 751 g/mol. The zero-order valence-electron chi connectivity index (χ0n) is 33.3. The van der Waals surface area contributed by atoms with Gasteiger partial charge in [0.1, 0.15) is 12.2 Å². The van der Waals surface area contributed by atoms with Gasteiger partial charge in [0.15, 0.2) is 0 Å². The molecule has 0 aromatic carbocycles. The van der Waals surface area contributed by atoms with E-state index in [0.29, 0.717) is 6.61 Å². The van der Waals surface area contributed by atoms with Gasteiger partial charge in [0, 0.05) is 13.0 Å². The third kappa shape index (κ3) is 39.0. The molecule has 0 aromatic heterocycles. The van der Waals surface area contributed by atoms with E-state index in [1.54, 1.807) is 0 Å². The van der Waals surface area contributed by atoms with Gasteiger partial charge in [-0.15, -0.1) is 0 Å². The molecule has 0 saturated carbocycles. The lowest BCUT2D eigenvalue weighted by Crippen LogP contribution is -2.29. The normalized spacial score (nSPS) is 14.1. The Labute approximate surface area is 314 Å². The van der Waals surface area contributed by atoms with Crippen molar-refractivity contribution in [1.82, 2.24) is 0 Å². The molecule has 0 aromatic rings. The van der Waals surface area contributed by atoms with Crippen LogP contribution in [0, 0.1) is 0 Å². The van der Waals surface area contributed by atoms with E-state index in [9.17, 15) is 19.4 Å². The van der Waals surface area contributed by atoms with Crippen molar-refractivity contribution in [3.63, 3.8) is 0 Å². The van der Waals surface area contributed by atoms with Gasteiger partial charge in [-0.1, -0.05) is 194 Å². The number of hydrogen-bond acceptors (Lipinski definition) is 8. The summed E-state index contributed by atoms with van der Waals surface area (Å²) in [6.07, 6.45) is 36.3. The number of ether oxygens (including phenoxy) is 2. The first-order chi connectivity index (χ1) is 24.8. The Hall–Kier alpha value is -0.540. The standard InChI is InChI=1S/C41H83O9P/c1-3-5-7-9-11-13-15-16-17-18-19-20-21-22-23-25-27-29-31-33-41(44)50-40(38-49-51(45,46)48-36-39(43)35-42)37-47-34-32-30-28-26-24-14-12-10-8-6-4-2/h39-40,42-43H,3-38H2,1-2H3,(H,45,46). The highest BCUT2D eigenvalue weighted by Gasteiger charge is 2.26. The van der Waals surface area contributed by atoms with Gasteiger partial charge in [0.2, 0.25) is 0 Å². The first-order valence-corrected chi connectivity index (χ1v) is 23.0. The Balaban J connectivity index is 4.07. The van der Waals surface area contributed by atoms with E-state index < -0.39 is 33.2 Å². The highest BCUT2D eigenvalue weighted by Crippen LogP contribution is 2.43. The minimum absolute atomic E-state index is 0.0575. The van der Waals surface area contributed by atoms with Crippen LogP contribution in [-0.4, -0.2) is 66.3 Å². The van der Waals surface area contributed by atoms with E-state index in [4.69, 9.17) is 23.6 Å². The molecular formula is C41H83O9P. The predicted molar refractivity (Wildman–Crippen MR) is 210 cm³/mol. The molecular weight excluding hydrogens is 667 g/mol. The van der Waals surface area contributed by atoms with E-state index in [-0.39, 0.29) is 25.6 Å². The maximum absolute atomic E-state index is 12.6. The molecule has 0 amide bonds. The number of hydrogen-bond donors (Lipinski definition) is 3. The average Bonchev–Trinajstić information content (AvgIpc) is 3.12. The molecule has 0 fully saturated rings. The van der Waals surface area contributed by atoms with Gasteiger partial charge in [0.05, 0.1) is 26.4 Å². The molecule has 51 heavy (non-hydrogen) atoms. The highest BCUT2D eigenvalue weighted by atomic mass is 31.2. The highest BCUT2D eigenvalue weighted by molar-refractivity contribution is 7.47. The molecule has 3 atom stereocenters. The van der Waals surface area contributed by atoms with E-state index in [2.05, 4.69) is 13.8 Å². The van der Waals surface area contributed by atoms with Gasteiger partial charge >= 0.3 is 13.8 Å². The van der Waals surface area contributed by atoms with Crippen molar-refractivity contribution in [2.24, 2.45) is 0 Å². The Morgan fingerprint density at radius 2 is 0.882 bits per heavy atom. The molecule has 306 valence electrons. The zero-order chi connectivity index (χ0) is 37.5. The van der Waals surface area contributed by atoms with Gasteiger partial charge in [-0.2, -0.15) is 0 Å². The van der Waals surface area contributed by atoms with Gasteiger partial charge in [0.25, 0.3) is 0 Å². The van der Waals surface area contributed by atoms with Gasteiger partial charge in [-0.3, -0.25) is 13.8 Å². The van der Waals surface area contributed by atoms with Crippen molar-refractivity contribution in [2.75, 3.05) is 33.0 Å². The zero-order valence-corrected chi connectivity index (χ0v) is 34.2. The van der Waals surface area contributed by atoms with Crippen molar-refractivity contribution in [3.05, 3.63) is 0 Å². The van der Waals surface area contributed by atoms with Crippen LogP contribution in [0.3, 0.4) is 0 Å². The fourth-order valence-electron chi connectivity index (χ4n) is 6.24. The number of aliphatic hydroxyl groups excluding tert-OH is 2. The van der Waals surface area contributed by atoms with Crippen molar-refractivity contribution < 1.29 is 43.0 Å². The van der Waals surface area contributed by atoms with E-state index in [1.807, 2.05) is 0 Å². The molecule has 0 radical (unpaired) electrons. The monoisotopic (exact) mass is 751 g/mol. The number of rotatable bonds is 42. The molecule has 0 heterocycles. The van der Waals surface area contributed by atoms with Crippen LogP contribution in [0.1, 0.15) is 213 Å². The van der Waals surface area contributed by atoms with Crippen LogP contribution < -0.4 is 0 Å². The summed E-state index contributed by atoms with van der Waals surface area (Å²) in [6.45, 7) is 3.56. The molecule has 0 saturated heterocycles. The molecule has 0 rings (SSSR count). The van der Waals surface area contributed by atoms with Crippen molar-refractivity contribution >= 4 is 13.8 Å². The second-order valence-electron chi connectivity index (χ2n) is 14.7. The Bertz CT molecular complexity index is 769. The number of carbonyl (C=O) groups excluding carboxylic acids is 1. The van der Waals surface area contributed by atoms with Crippen molar-refractivity contribution in [1.29, 1.82) is 0 Å². The number of unbranched alkanes of at least 4 members (excludes halogenated alkanes) is 28. The van der Waals surface area contributed by atoms with Crippen LogP contribution in [0.15, 0.2) is 0 Å². The summed E-state index contributed by atoms with van der Waals surface area (Å²) in [5, 5.41) is 18.3. The Morgan fingerprint density at radius 1 is 0.529 bits per heavy atom. The first kappa shape index (κ1) is 50.5. The predicted octanol–water partition coefficient (Wildman–Crippen LogP) is 11.5. The van der Waals surface area contributed by atoms with E-state index >= 15 is 0 Å². The topological polar surface area (TPSA) is 132 Å². The lowest BCUT2D eigenvalue weighted by molar-refractivity contribution is -0.154. The second kappa shape index (κ2) is 39.2. The Kier molecular flexibility index (Phi) is 38.7. The summed E-state index contributed by atoms with van der Waals surface area (Å²) >= 11 is 0. The number of carbonyl (C=O) groups is 1. The van der Waals surface area contributed by atoms with Gasteiger partial charge in [-0.05, 0) is 12.8 Å². The lowest BCUT2D eigenvalue weighted by atomic mass is 10.0. The van der Waals surface area contributed by atoms with Crippen LogP contribution in [0.25, 0.3) is 0 Å². The number of phosphoric acid groups is 1.